The Hall–Kier alpha value is -0.870. The fourth-order valence-electron chi connectivity index (χ4n) is 2.56. The Balaban J connectivity index is 1.74. The van der Waals surface area contributed by atoms with Gasteiger partial charge >= 0.3 is 0 Å². The number of nitrogens with zero attached hydrogens (tertiary/aromatic N) is 1. The molecule has 0 spiro atoms. The van der Waals surface area contributed by atoms with E-state index in [2.05, 4.69) is 17.5 Å². The monoisotopic (exact) mass is 266 g/mol. The maximum absolute atomic E-state index is 12.1. The molecule has 4 heteroatoms. The molecule has 0 unspecified atom stereocenters. The summed E-state index contributed by atoms with van der Waals surface area (Å²) >= 11 is 1.75. The Kier molecular flexibility index (Phi) is 4.78. The van der Waals surface area contributed by atoms with Crippen molar-refractivity contribution >= 4 is 17.2 Å². The lowest BCUT2D eigenvalue weighted by Crippen LogP contribution is -2.33. The molecular formula is C14H22N2OS. The van der Waals surface area contributed by atoms with E-state index in [-0.39, 0.29) is 11.9 Å². The number of hydrogen-bond donors (Lipinski definition) is 1. The Morgan fingerprint density at radius 3 is 3.00 bits per heavy atom. The second kappa shape index (κ2) is 6.34. The highest BCUT2D eigenvalue weighted by atomic mass is 32.1. The molecule has 2 rings (SSSR count). The van der Waals surface area contributed by atoms with Crippen LogP contribution in [0.4, 0.5) is 0 Å². The van der Waals surface area contributed by atoms with Gasteiger partial charge in [0.2, 0.25) is 5.91 Å². The van der Waals surface area contributed by atoms with E-state index in [1.165, 1.54) is 11.3 Å². The average molecular weight is 266 g/mol. The summed E-state index contributed by atoms with van der Waals surface area (Å²) in [6.45, 7) is 0.807. The first-order valence-corrected chi connectivity index (χ1v) is 7.56. The predicted octanol–water partition coefficient (Wildman–Crippen LogP) is 2.27. The molecule has 1 aromatic rings. The molecule has 0 bridgehead atoms. The van der Waals surface area contributed by atoms with Crippen molar-refractivity contribution in [2.45, 2.75) is 38.1 Å². The zero-order chi connectivity index (χ0) is 13.0. The molecule has 0 saturated heterocycles. The average Bonchev–Trinajstić information content (AvgIpc) is 2.99. The largest absolute Gasteiger partial charge is 0.345 e. The van der Waals surface area contributed by atoms with Gasteiger partial charge in [-0.1, -0.05) is 12.5 Å². The van der Waals surface area contributed by atoms with Crippen molar-refractivity contribution in [3.05, 3.63) is 22.4 Å². The minimum absolute atomic E-state index is 0.236. The molecule has 0 radical (unpaired) electrons. The molecule has 1 heterocycles. The zero-order valence-corrected chi connectivity index (χ0v) is 11.8. The van der Waals surface area contributed by atoms with Gasteiger partial charge in [-0.2, -0.15) is 0 Å². The SMILES string of the molecule is CN(CCc1cccs1)C(=O)C[C@@H]1CCC[C@H]1N. The summed E-state index contributed by atoms with van der Waals surface area (Å²) in [5, 5.41) is 2.08. The number of carbonyl (C=O) groups excluding carboxylic acids is 1. The topological polar surface area (TPSA) is 46.3 Å². The van der Waals surface area contributed by atoms with Gasteiger partial charge in [0.15, 0.2) is 0 Å². The lowest BCUT2D eigenvalue weighted by Gasteiger charge is -2.21. The van der Waals surface area contributed by atoms with E-state index in [4.69, 9.17) is 5.73 Å². The molecule has 100 valence electrons. The van der Waals surface area contributed by atoms with Crippen molar-refractivity contribution in [2.75, 3.05) is 13.6 Å². The first kappa shape index (κ1) is 13.6. The Labute approximate surface area is 113 Å². The molecule has 2 N–H and O–H groups in total. The van der Waals surface area contributed by atoms with Crippen LogP contribution in [0.1, 0.15) is 30.6 Å². The molecule has 18 heavy (non-hydrogen) atoms. The maximum Gasteiger partial charge on any atom is 0.222 e. The highest BCUT2D eigenvalue weighted by molar-refractivity contribution is 7.09. The Bertz CT molecular complexity index is 377. The van der Waals surface area contributed by atoms with Crippen LogP contribution >= 0.6 is 11.3 Å². The summed E-state index contributed by atoms with van der Waals surface area (Å²) in [4.78, 5) is 15.3. The third kappa shape index (κ3) is 3.56. The van der Waals surface area contributed by atoms with Crippen LogP contribution < -0.4 is 5.73 Å². The summed E-state index contributed by atoms with van der Waals surface area (Å²) < 4.78 is 0. The predicted molar refractivity (Wildman–Crippen MR) is 75.6 cm³/mol. The van der Waals surface area contributed by atoms with Gasteiger partial charge in [-0.25, -0.2) is 0 Å². The van der Waals surface area contributed by atoms with Crippen LogP contribution in [0.2, 0.25) is 0 Å². The number of amides is 1. The highest BCUT2D eigenvalue weighted by Crippen LogP contribution is 2.27. The summed E-state index contributed by atoms with van der Waals surface area (Å²) in [5.41, 5.74) is 6.01. The fraction of sp³-hybridized carbons (Fsp3) is 0.643. The fourth-order valence-corrected chi connectivity index (χ4v) is 3.25. The number of nitrogens with two attached hydrogens (primary N) is 1. The first-order valence-electron chi connectivity index (χ1n) is 6.68. The molecular weight excluding hydrogens is 244 g/mol. The molecule has 2 atom stereocenters. The Morgan fingerprint density at radius 2 is 2.39 bits per heavy atom. The van der Waals surface area contributed by atoms with Crippen LogP contribution in [-0.4, -0.2) is 30.4 Å². The van der Waals surface area contributed by atoms with Crippen LogP contribution in [-0.2, 0) is 11.2 Å². The number of thiophene rings is 1. The molecule has 1 aliphatic carbocycles. The standard InChI is InChI=1S/C14H22N2OS/c1-16(8-7-12-5-3-9-18-12)14(17)10-11-4-2-6-13(11)15/h3,5,9,11,13H,2,4,6-8,10,15H2,1H3/t11-,13+/m0/s1. The van der Waals surface area contributed by atoms with Crippen molar-refractivity contribution in [2.24, 2.45) is 11.7 Å². The van der Waals surface area contributed by atoms with Gasteiger partial charge in [0.05, 0.1) is 0 Å². The van der Waals surface area contributed by atoms with Crippen molar-refractivity contribution in [1.82, 2.24) is 4.90 Å². The molecule has 1 amide bonds. The third-order valence-electron chi connectivity index (χ3n) is 3.85. The van der Waals surface area contributed by atoms with Gasteiger partial charge in [-0.05, 0) is 36.6 Å². The number of likely N-dealkylation sites (N-methyl/N-ethyl adjacent to an activating group) is 1. The second-order valence-electron chi connectivity index (χ2n) is 5.20. The molecule has 0 aromatic carbocycles. The molecule has 1 aliphatic rings. The van der Waals surface area contributed by atoms with E-state index in [0.29, 0.717) is 12.3 Å². The van der Waals surface area contributed by atoms with Crippen LogP contribution in [0.3, 0.4) is 0 Å². The number of carbonyl (C=O) groups is 1. The normalized spacial score (nSPS) is 23.2. The Morgan fingerprint density at radius 1 is 1.56 bits per heavy atom. The van der Waals surface area contributed by atoms with Crippen molar-refractivity contribution in [1.29, 1.82) is 0 Å². The number of hydrogen-bond acceptors (Lipinski definition) is 3. The minimum Gasteiger partial charge on any atom is -0.345 e. The highest BCUT2D eigenvalue weighted by Gasteiger charge is 2.27. The van der Waals surface area contributed by atoms with E-state index in [1.54, 1.807) is 11.3 Å². The van der Waals surface area contributed by atoms with E-state index >= 15 is 0 Å². The maximum atomic E-state index is 12.1. The van der Waals surface area contributed by atoms with Gasteiger partial charge in [0.1, 0.15) is 0 Å². The lowest BCUT2D eigenvalue weighted by molar-refractivity contribution is -0.130. The molecule has 1 fully saturated rings. The van der Waals surface area contributed by atoms with Crippen LogP contribution in [0.15, 0.2) is 17.5 Å². The van der Waals surface area contributed by atoms with Crippen molar-refractivity contribution < 1.29 is 4.79 Å². The molecule has 1 aromatic heterocycles. The van der Waals surface area contributed by atoms with Gasteiger partial charge in [0.25, 0.3) is 0 Å². The zero-order valence-electron chi connectivity index (χ0n) is 11.0. The van der Waals surface area contributed by atoms with Crippen LogP contribution in [0.5, 0.6) is 0 Å². The molecule has 0 aliphatic heterocycles. The summed E-state index contributed by atoms with van der Waals surface area (Å²) in [6, 6.07) is 4.41. The first-order chi connectivity index (χ1) is 8.66. The number of rotatable bonds is 5. The van der Waals surface area contributed by atoms with E-state index < -0.39 is 0 Å². The van der Waals surface area contributed by atoms with Crippen molar-refractivity contribution in [3.8, 4) is 0 Å². The summed E-state index contributed by atoms with van der Waals surface area (Å²) in [7, 11) is 1.90. The third-order valence-corrected chi connectivity index (χ3v) is 4.79. The van der Waals surface area contributed by atoms with Crippen molar-refractivity contribution in [3.63, 3.8) is 0 Å². The molecule has 3 nitrogen and oxygen atoms in total. The molecule has 1 saturated carbocycles. The summed E-state index contributed by atoms with van der Waals surface area (Å²) in [6.07, 6.45) is 4.96. The minimum atomic E-state index is 0.236. The van der Waals surface area contributed by atoms with Gasteiger partial charge < -0.3 is 10.6 Å². The van der Waals surface area contributed by atoms with Gasteiger partial charge in [-0.15, -0.1) is 11.3 Å². The van der Waals surface area contributed by atoms with Gasteiger partial charge in [-0.3, -0.25) is 4.79 Å². The summed E-state index contributed by atoms with van der Waals surface area (Å²) in [5.74, 6) is 0.649. The lowest BCUT2D eigenvalue weighted by atomic mass is 9.99. The van der Waals surface area contributed by atoms with E-state index in [1.807, 2.05) is 11.9 Å². The van der Waals surface area contributed by atoms with Crippen LogP contribution in [0.25, 0.3) is 0 Å². The quantitative estimate of drug-likeness (QED) is 0.888. The van der Waals surface area contributed by atoms with E-state index in [0.717, 1.165) is 25.8 Å². The van der Waals surface area contributed by atoms with Crippen LogP contribution in [0, 0.1) is 5.92 Å². The van der Waals surface area contributed by atoms with E-state index in [9.17, 15) is 4.79 Å². The smallest absolute Gasteiger partial charge is 0.222 e. The van der Waals surface area contributed by atoms with Gasteiger partial charge in [0, 0.05) is 30.9 Å². The second-order valence-corrected chi connectivity index (χ2v) is 6.24.